The molecule has 124 valence electrons. The Bertz CT molecular complexity index is 655. The van der Waals surface area contributed by atoms with E-state index in [-0.39, 0.29) is 35.7 Å². The van der Waals surface area contributed by atoms with E-state index in [9.17, 15) is 15.0 Å². The number of hydrogen-bond acceptors (Lipinski definition) is 6. The van der Waals surface area contributed by atoms with Gasteiger partial charge in [-0.05, 0) is 29.8 Å². The van der Waals surface area contributed by atoms with E-state index in [4.69, 9.17) is 14.2 Å². The van der Waals surface area contributed by atoms with Crippen molar-refractivity contribution in [3.63, 3.8) is 0 Å². The summed E-state index contributed by atoms with van der Waals surface area (Å²) < 4.78 is 15.4. The van der Waals surface area contributed by atoms with Crippen LogP contribution in [0, 0.1) is 0 Å². The molecule has 0 aliphatic heterocycles. The van der Waals surface area contributed by atoms with E-state index >= 15 is 0 Å². The van der Waals surface area contributed by atoms with Gasteiger partial charge >= 0.3 is 0 Å². The van der Waals surface area contributed by atoms with Gasteiger partial charge in [-0.15, -0.1) is 0 Å². The minimum Gasteiger partial charge on any atom is -0.511 e. The Balaban J connectivity index is 2.16. The quantitative estimate of drug-likeness (QED) is 0.782. The Morgan fingerprint density at radius 3 is 2.43 bits per heavy atom. The number of rotatable bonds is 6. The van der Waals surface area contributed by atoms with Crippen molar-refractivity contribution >= 4 is 5.78 Å². The Morgan fingerprint density at radius 2 is 1.91 bits per heavy atom. The zero-order valence-corrected chi connectivity index (χ0v) is 13.3. The molecule has 6 heteroatoms. The maximum Gasteiger partial charge on any atom is 0.194 e. The first-order chi connectivity index (χ1) is 10.9. The highest BCUT2D eigenvalue weighted by Crippen LogP contribution is 2.31. The second-order valence-electron chi connectivity index (χ2n) is 5.20. The first-order valence-electron chi connectivity index (χ1n) is 7.05. The number of allylic oxidation sites excluding steroid dienone is 2. The maximum atomic E-state index is 12.4. The lowest BCUT2D eigenvalue weighted by Crippen LogP contribution is -2.34. The molecule has 0 bridgehead atoms. The van der Waals surface area contributed by atoms with E-state index < -0.39 is 5.79 Å². The summed E-state index contributed by atoms with van der Waals surface area (Å²) in [4.78, 5) is 12.4. The highest BCUT2D eigenvalue weighted by molar-refractivity contribution is 6.00. The number of aliphatic hydroxyl groups excluding tert-OH is 1. The van der Waals surface area contributed by atoms with E-state index in [0.717, 1.165) is 0 Å². The van der Waals surface area contributed by atoms with Crippen LogP contribution >= 0.6 is 0 Å². The van der Waals surface area contributed by atoms with E-state index in [1.807, 2.05) is 0 Å². The van der Waals surface area contributed by atoms with Crippen LogP contribution in [0.4, 0.5) is 0 Å². The van der Waals surface area contributed by atoms with E-state index in [1.165, 1.54) is 33.5 Å². The fraction of sp³-hybridized carbons (Fsp3) is 0.353. The summed E-state index contributed by atoms with van der Waals surface area (Å²) in [6, 6.07) is 4.74. The van der Waals surface area contributed by atoms with Crippen LogP contribution in [0.2, 0.25) is 0 Å². The molecule has 1 aromatic rings. The minimum atomic E-state index is -1.05. The van der Waals surface area contributed by atoms with Crippen molar-refractivity contribution in [2.24, 2.45) is 0 Å². The lowest BCUT2D eigenvalue weighted by atomic mass is 9.94. The molecule has 0 saturated heterocycles. The summed E-state index contributed by atoms with van der Waals surface area (Å²) in [6.07, 6.45) is 3.21. The number of benzene rings is 1. The molecule has 1 aliphatic carbocycles. The molecule has 1 aliphatic rings. The van der Waals surface area contributed by atoms with E-state index in [2.05, 4.69) is 0 Å². The third-order valence-electron chi connectivity index (χ3n) is 3.83. The molecular formula is C17H20O6. The molecule has 0 fully saturated rings. The summed E-state index contributed by atoms with van der Waals surface area (Å²) in [6.45, 7) is 0. The van der Waals surface area contributed by atoms with Gasteiger partial charge in [0.25, 0.3) is 0 Å². The van der Waals surface area contributed by atoms with Crippen LogP contribution in [0.15, 0.2) is 41.7 Å². The van der Waals surface area contributed by atoms with Gasteiger partial charge in [0, 0.05) is 20.6 Å². The number of carbonyl (C=O) groups is 1. The molecule has 0 heterocycles. The van der Waals surface area contributed by atoms with Crippen molar-refractivity contribution in [1.29, 1.82) is 0 Å². The van der Waals surface area contributed by atoms with Crippen LogP contribution in [-0.4, -0.2) is 43.1 Å². The number of phenols is 1. The van der Waals surface area contributed by atoms with Crippen molar-refractivity contribution in [3.05, 3.63) is 47.2 Å². The van der Waals surface area contributed by atoms with E-state index in [1.54, 1.807) is 18.2 Å². The molecule has 0 atom stereocenters. The Hall–Kier alpha value is -2.31. The molecule has 0 aromatic heterocycles. The SMILES string of the molecule is COc1ccc(CC(=O)C2=C(O)CC(OC)(OC)C=C2)cc1O. The van der Waals surface area contributed by atoms with Crippen molar-refractivity contribution in [2.45, 2.75) is 18.6 Å². The van der Waals surface area contributed by atoms with Gasteiger partial charge in [-0.25, -0.2) is 0 Å². The summed E-state index contributed by atoms with van der Waals surface area (Å²) in [5.74, 6) is -1.09. The summed E-state index contributed by atoms with van der Waals surface area (Å²) >= 11 is 0. The first kappa shape index (κ1) is 17.1. The fourth-order valence-electron chi connectivity index (χ4n) is 2.44. The van der Waals surface area contributed by atoms with Gasteiger partial charge in [0.1, 0.15) is 5.76 Å². The highest BCUT2D eigenvalue weighted by atomic mass is 16.7. The van der Waals surface area contributed by atoms with Crippen LogP contribution in [0.5, 0.6) is 11.5 Å². The molecule has 0 unspecified atom stereocenters. The van der Waals surface area contributed by atoms with Crippen molar-refractivity contribution in [3.8, 4) is 11.5 Å². The number of Topliss-reactive ketones (excluding diaryl/α,β-unsaturated/α-hetero) is 1. The molecule has 0 spiro atoms. The van der Waals surface area contributed by atoms with Crippen LogP contribution in [-0.2, 0) is 20.7 Å². The van der Waals surface area contributed by atoms with Crippen LogP contribution in [0.25, 0.3) is 0 Å². The molecular weight excluding hydrogens is 300 g/mol. The zero-order chi connectivity index (χ0) is 17.0. The number of aliphatic hydroxyl groups is 1. The normalized spacial score (nSPS) is 16.5. The second kappa shape index (κ2) is 6.85. The predicted octanol–water partition coefficient (Wildman–Crippen LogP) is 2.27. The molecule has 2 N–H and O–H groups in total. The van der Waals surface area contributed by atoms with Gasteiger partial charge < -0.3 is 24.4 Å². The fourth-order valence-corrected chi connectivity index (χ4v) is 2.44. The largest absolute Gasteiger partial charge is 0.511 e. The summed E-state index contributed by atoms with van der Waals surface area (Å²) in [5.41, 5.74) is 0.836. The molecule has 2 rings (SSSR count). The Labute approximate surface area is 134 Å². The minimum absolute atomic E-state index is 0.0343. The Morgan fingerprint density at radius 1 is 1.22 bits per heavy atom. The number of methoxy groups -OCH3 is 3. The van der Waals surface area contributed by atoms with Gasteiger partial charge in [-0.3, -0.25) is 4.79 Å². The van der Waals surface area contributed by atoms with Gasteiger partial charge in [-0.2, -0.15) is 0 Å². The highest BCUT2D eigenvalue weighted by Gasteiger charge is 2.33. The van der Waals surface area contributed by atoms with Crippen LogP contribution in [0.3, 0.4) is 0 Å². The number of phenolic OH excluding ortho intramolecular Hbond substituents is 1. The molecule has 0 saturated carbocycles. The standard InChI is InChI=1S/C17H20O6/c1-21-16-5-4-11(9-14(16)19)8-13(18)12-6-7-17(22-2,23-3)10-15(12)20/h4-7,9,19-20H,8,10H2,1-3H3. The van der Waals surface area contributed by atoms with Crippen molar-refractivity contribution in [2.75, 3.05) is 21.3 Å². The number of carbonyl (C=O) groups excluding carboxylic acids is 1. The topological polar surface area (TPSA) is 85.2 Å². The number of aromatic hydroxyl groups is 1. The van der Waals surface area contributed by atoms with Gasteiger partial charge in [0.2, 0.25) is 0 Å². The summed E-state index contributed by atoms with van der Waals surface area (Å²) in [5, 5.41) is 19.9. The van der Waals surface area contributed by atoms with E-state index in [0.29, 0.717) is 11.3 Å². The molecule has 1 aromatic carbocycles. The summed E-state index contributed by atoms with van der Waals surface area (Å²) in [7, 11) is 4.38. The molecule has 6 nitrogen and oxygen atoms in total. The molecule has 0 amide bonds. The number of ketones is 1. The van der Waals surface area contributed by atoms with Crippen LogP contribution < -0.4 is 4.74 Å². The number of ether oxygens (including phenoxy) is 3. The average Bonchev–Trinajstić information content (AvgIpc) is 2.54. The zero-order valence-electron chi connectivity index (χ0n) is 13.3. The monoisotopic (exact) mass is 320 g/mol. The molecule has 0 radical (unpaired) electrons. The van der Waals surface area contributed by atoms with Gasteiger partial charge in [-0.1, -0.05) is 6.07 Å². The lowest BCUT2D eigenvalue weighted by Gasteiger charge is -2.30. The smallest absolute Gasteiger partial charge is 0.194 e. The van der Waals surface area contributed by atoms with Crippen molar-refractivity contribution in [1.82, 2.24) is 0 Å². The lowest BCUT2D eigenvalue weighted by molar-refractivity contribution is -0.173. The predicted molar refractivity (Wildman–Crippen MR) is 83.5 cm³/mol. The third kappa shape index (κ3) is 3.55. The van der Waals surface area contributed by atoms with Crippen molar-refractivity contribution < 1.29 is 29.2 Å². The average molecular weight is 320 g/mol. The second-order valence-corrected chi connectivity index (χ2v) is 5.20. The maximum absolute atomic E-state index is 12.4. The number of hydrogen-bond donors (Lipinski definition) is 2. The third-order valence-corrected chi connectivity index (χ3v) is 3.83. The first-order valence-corrected chi connectivity index (χ1v) is 7.05. The molecule has 23 heavy (non-hydrogen) atoms. The van der Waals surface area contributed by atoms with Gasteiger partial charge in [0.15, 0.2) is 23.1 Å². The Kier molecular flexibility index (Phi) is 5.08. The van der Waals surface area contributed by atoms with Crippen LogP contribution in [0.1, 0.15) is 12.0 Å². The van der Waals surface area contributed by atoms with Gasteiger partial charge in [0.05, 0.1) is 19.1 Å².